The maximum atomic E-state index is 12.8. The second kappa shape index (κ2) is 5.12. The van der Waals surface area contributed by atoms with Gasteiger partial charge < -0.3 is 5.73 Å². The zero-order valence-electron chi connectivity index (χ0n) is 7.88. The molecule has 0 aromatic heterocycles. The highest BCUT2D eigenvalue weighted by Crippen LogP contribution is 2.17. The fourth-order valence-corrected chi connectivity index (χ4v) is 1.01. The van der Waals surface area contributed by atoms with E-state index in [-0.39, 0.29) is 16.4 Å². The minimum atomic E-state index is -0.637. The molecule has 0 radical (unpaired) electrons. The summed E-state index contributed by atoms with van der Waals surface area (Å²) in [5.41, 5.74) is 7.06. The van der Waals surface area contributed by atoms with E-state index in [9.17, 15) is 14.5 Å². The van der Waals surface area contributed by atoms with Gasteiger partial charge in [0, 0.05) is 6.07 Å². The predicted molar refractivity (Wildman–Crippen MR) is 60.6 cm³/mol. The van der Waals surface area contributed by atoms with Crippen molar-refractivity contribution in [2.75, 3.05) is 0 Å². The van der Waals surface area contributed by atoms with Crippen LogP contribution in [0.2, 0.25) is 0 Å². The lowest BCUT2D eigenvalue weighted by Crippen LogP contribution is -2.24. The number of rotatable bonds is 3. The van der Waals surface area contributed by atoms with E-state index in [1.165, 1.54) is 0 Å². The molecule has 0 aliphatic carbocycles. The summed E-state index contributed by atoms with van der Waals surface area (Å²) in [6.07, 6.45) is 1.07. The number of halogens is 1. The van der Waals surface area contributed by atoms with Gasteiger partial charge in [-0.1, -0.05) is 0 Å². The van der Waals surface area contributed by atoms with E-state index >= 15 is 0 Å². The minimum absolute atomic E-state index is 0.0220. The molecular formula is C8H7FN4O2S. The molecule has 0 aliphatic heterocycles. The van der Waals surface area contributed by atoms with Crippen LogP contribution in [0.3, 0.4) is 0 Å². The average Bonchev–Trinajstić information content (AvgIpc) is 2.16. The maximum Gasteiger partial charge on any atom is 0.278 e. The zero-order valence-corrected chi connectivity index (χ0v) is 8.70. The van der Waals surface area contributed by atoms with E-state index in [4.69, 9.17) is 5.73 Å². The Morgan fingerprint density at radius 1 is 1.69 bits per heavy atom. The molecule has 3 N–H and O–H groups in total. The Morgan fingerprint density at radius 2 is 2.38 bits per heavy atom. The van der Waals surface area contributed by atoms with Crippen molar-refractivity contribution >= 4 is 29.2 Å². The van der Waals surface area contributed by atoms with Crippen molar-refractivity contribution in [1.29, 1.82) is 0 Å². The molecule has 1 aromatic rings. The summed E-state index contributed by atoms with van der Waals surface area (Å²) in [4.78, 5) is 9.94. The van der Waals surface area contributed by atoms with E-state index in [2.05, 4.69) is 22.7 Å². The summed E-state index contributed by atoms with van der Waals surface area (Å²) in [7, 11) is 0. The summed E-state index contributed by atoms with van der Waals surface area (Å²) in [5.74, 6) is -0.595. The Bertz CT molecular complexity index is 463. The first-order valence-electron chi connectivity index (χ1n) is 4.03. The highest BCUT2D eigenvalue weighted by molar-refractivity contribution is 7.80. The van der Waals surface area contributed by atoms with E-state index < -0.39 is 10.7 Å². The van der Waals surface area contributed by atoms with Gasteiger partial charge in [0.1, 0.15) is 5.82 Å². The van der Waals surface area contributed by atoms with Crippen molar-refractivity contribution in [3.8, 4) is 0 Å². The smallest absolute Gasteiger partial charge is 0.278 e. The first-order chi connectivity index (χ1) is 7.50. The highest BCUT2D eigenvalue weighted by Gasteiger charge is 2.12. The van der Waals surface area contributed by atoms with Crippen molar-refractivity contribution in [2.24, 2.45) is 10.8 Å². The number of nitro benzene ring substituents is 1. The molecule has 0 aliphatic rings. The van der Waals surface area contributed by atoms with Crippen LogP contribution in [-0.2, 0) is 0 Å². The van der Waals surface area contributed by atoms with E-state index in [1.54, 1.807) is 0 Å². The van der Waals surface area contributed by atoms with Gasteiger partial charge in [-0.2, -0.15) is 5.10 Å². The van der Waals surface area contributed by atoms with Crippen LogP contribution < -0.4 is 11.2 Å². The largest absolute Gasteiger partial charge is 0.375 e. The van der Waals surface area contributed by atoms with Gasteiger partial charge in [0.15, 0.2) is 5.11 Å². The number of nitrogens with one attached hydrogen (secondary N) is 1. The third kappa shape index (κ3) is 3.24. The van der Waals surface area contributed by atoms with Crippen LogP contribution in [-0.4, -0.2) is 16.3 Å². The lowest BCUT2D eigenvalue weighted by atomic mass is 10.2. The van der Waals surface area contributed by atoms with Crippen molar-refractivity contribution in [3.05, 3.63) is 39.7 Å². The first kappa shape index (κ1) is 12.0. The molecule has 0 spiro atoms. The van der Waals surface area contributed by atoms with Gasteiger partial charge in [0.05, 0.1) is 16.7 Å². The third-order valence-corrected chi connectivity index (χ3v) is 1.66. The average molecular weight is 242 g/mol. The lowest BCUT2D eigenvalue weighted by molar-refractivity contribution is -0.385. The predicted octanol–water partition coefficient (Wildman–Crippen LogP) is 0.901. The van der Waals surface area contributed by atoms with Crippen LogP contribution in [0.5, 0.6) is 0 Å². The first-order valence-corrected chi connectivity index (χ1v) is 4.44. The Kier molecular flexibility index (Phi) is 3.84. The second-order valence-corrected chi connectivity index (χ2v) is 3.13. The van der Waals surface area contributed by atoms with Gasteiger partial charge in [-0.25, -0.2) is 4.39 Å². The lowest BCUT2D eigenvalue weighted by Gasteiger charge is -1.97. The molecule has 0 saturated carbocycles. The topological polar surface area (TPSA) is 93.5 Å². The Hall–Kier alpha value is -2.09. The normalized spacial score (nSPS) is 10.3. The fraction of sp³-hybridized carbons (Fsp3) is 0. The van der Waals surface area contributed by atoms with Gasteiger partial charge in [0.2, 0.25) is 0 Å². The van der Waals surface area contributed by atoms with Crippen molar-refractivity contribution in [3.63, 3.8) is 0 Å². The zero-order chi connectivity index (χ0) is 12.1. The van der Waals surface area contributed by atoms with Gasteiger partial charge in [-0.15, -0.1) is 0 Å². The number of nitrogens with zero attached hydrogens (tertiary/aromatic N) is 2. The molecule has 1 rings (SSSR count). The summed E-state index contributed by atoms with van der Waals surface area (Å²) < 4.78 is 12.8. The maximum absolute atomic E-state index is 12.8. The number of hydrazone groups is 1. The summed E-state index contributed by atoms with van der Waals surface area (Å²) >= 11 is 4.47. The van der Waals surface area contributed by atoms with E-state index in [1.807, 2.05) is 0 Å². The quantitative estimate of drug-likeness (QED) is 0.355. The molecule has 6 nitrogen and oxygen atoms in total. The highest BCUT2D eigenvalue weighted by atomic mass is 32.1. The molecule has 0 amide bonds. The number of nitrogens with two attached hydrogens (primary N) is 1. The molecule has 84 valence electrons. The van der Waals surface area contributed by atoms with Gasteiger partial charge in [-0.3, -0.25) is 15.5 Å². The van der Waals surface area contributed by atoms with Crippen molar-refractivity contribution in [2.45, 2.75) is 0 Å². The summed E-state index contributed by atoms with van der Waals surface area (Å²) in [5, 5.41) is 14.0. The molecule has 0 bridgehead atoms. The second-order valence-electron chi connectivity index (χ2n) is 2.69. The number of hydrogen-bond donors (Lipinski definition) is 2. The number of hydrogen-bond acceptors (Lipinski definition) is 4. The molecular weight excluding hydrogens is 235 g/mol. The molecule has 0 heterocycles. The minimum Gasteiger partial charge on any atom is -0.375 e. The summed E-state index contributed by atoms with van der Waals surface area (Å²) in [6, 6.07) is 3.04. The number of thiocarbonyl (C=S) groups is 1. The van der Waals surface area contributed by atoms with Gasteiger partial charge >= 0.3 is 0 Å². The molecule has 8 heteroatoms. The molecule has 0 saturated heterocycles. The molecule has 1 aromatic carbocycles. The molecule has 0 atom stereocenters. The molecule has 16 heavy (non-hydrogen) atoms. The monoisotopic (exact) mass is 242 g/mol. The Morgan fingerprint density at radius 3 is 2.94 bits per heavy atom. The number of nitro groups is 1. The van der Waals surface area contributed by atoms with Crippen LogP contribution in [0.4, 0.5) is 10.1 Å². The van der Waals surface area contributed by atoms with Crippen LogP contribution in [0.1, 0.15) is 5.56 Å². The van der Waals surface area contributed by atoms with Crippen LogP contribution in [0.15, 0.2) is 23.3 Å². The van der Waals surface area contributed by atoms with Crippen LogP contribution in [0.25, 0.3) is 0 Å². The van der Waals surface area contributed by atoms with Gasteiger partial charge in [0.25, 0.3) is 5.69 Å². The SMILES string of the molecule is NC(=S)NN=Cc1cc(F)ccc1[N+](=O)[O-]. The Balaban J connectivity index is 3.01. The summed E-state index contributed by atoms with van der Waals surface area (Å²) in [6.45, 7) is 0. The fourth-order valence-electron chi connectivity index (χ4n) is 0.960. The van der Waals surface area contributed by atoms with E-state index in [0.29, 0.717) is 0 Å². The van der Waals surface area contributed by atoms with Crippen LogP contribution >= 0.6 is 12.2 Å². The van der Waals surface area contributed by atoms with Crippen molar-refractivity contribution < 1.29 is 9.31 Å². The van der Waals surface area contributed by atoms with Crippen molar-refractivity contribution in [1.82, 2.24) is 5.43 Å². The standard InChI is InChI=1S/C8H7FN4O2S/c9-6-1-2-7(13(14)15)5(3-6)4-11-12-8(10)16/h1-4H,(H3,10,12,16). The molecule has 0 unspecified atom stereocenters. The van der Waals surface area contributed by atoms with Gasteiger partial charge in [-0.05, 0) is 24.4 Å². The Labute approximate surface area is 95.1 Å². The van der Waals surface area contributed by atoms with Crippen LogP contribution in [0, 0.1) is 15.9 Å². The number of benzene rings is 1. The third-order valence-electron chi connectivity index (χ3n) is 1.56. The van der Waals surface area contributed by atoms with E-state index in [0.717, 1.165) is 24.4 Å². The molecule has 0 fully saturated rings.